The molecular formula is C18H25N3OS. The van der Waals surface area contributed by atoms with Crippen molar-refractivity contribution >= 4 is 17.2 Å². The molecule has 2 rings (SSSR count). The Kier molecular flexibility index (Phi) is 6.28. The molecule has 2 aromatic heterocycles. The third-order valence-corrected chi connectivity index (χ3v) is 4.38. The standard InChI is InChI=1S/C18H25N3OS/c1-18(2,3)10-6-12-20-16(22)9-8-14-13-23-17(21-14)15-7-4-5-11-19-15/h4-5,7,11,13H,6,8-10,12H2,1-3H3,(H,20,22). The van der Waals surface area contributed by atoms with Gasteiger partial charge in [-0.05, 0) is 36.8 Å². The van der Waals surface area contributed by atoms with Crippen molar-refractivity contribution in [1.29, 1.82) is 0 Å². The maximum atomic E-state index is 11.9. The largest absolute Gasteiger partial charge is 0.356 e. The minimum atomic E-state index is 0.103. The van der Waals surface area contributed by atoms with Crippen molar-refractivity contribution in [2.45, 2.75) is 46.5 Å². The zero-order valence-corrected chi connectivity index (χ0v) is 14.9. The molecule has 0 aromatic carbocycles. The van der Waals surface area contributed by atoms with Gasteiger partial charge in [0.25, 0.3) is 0 Å². The Morgan fingerprint density at radius 2 is 2.13 bits per heavy atom. The molecule has 124 valence electrons. The van der Waals surface area contributed by atoms with Crippen molar-refractivity contribution in [3.05, 3.63) is 35.5 Å². The average molecular weight is 331 g/mol. The fourth-order valence-corrected chi connectivity index (χ4v) is 3.03. The molecule has 2 heterocycles. The van der Waals surface area contributed by atoms with Gasteiger partial charge in [0.1, 0.15) is 5.01 Å². The van der Waals surface area contributed by atoms with Gasteiger partial charge in [0.15, 0.2) is 0 Å². The van der Waals surface area contributed by atoms with E-state index in [0.29, 0.717) is 18.3 Å². The number of nitrogens with one attached hydrogen (secondary N) is 1. The van der Waals surface area contributed by atoms with E-state index < -0.39 is 0 Å². The van der Waals surface area contributed by atoms with Crippen LogP contribution in [0.1, 0.15) is 45.7 Å². The number of carbonyl (C=O) groups is 1. The minimum absolute atomic E-state index is 0.103. The fraction of sp³-hybridized carbons (Fsp3) is 0.500. The molecule has 0 saturated carbocycles. The van der Waals surface area contributed by atoms with Crippen LogP contribution < -0.4 is 5.32 Å². The number of hydrogen-bond acceptors (Lipinski definition) is 4. The summed E-state index contributed by atoms with van der Waals surface area (Å²) in [6.45, 7) is 7.41. The fourth-order valence-electron chi connectivity index (χ4n) is 2.21. The van der Waals surface area contributed by atoms with Crippen LogP contribution >= 0.6 is 11.3 Å². The number of aryl methyl sites for hydroxylation is 1. The number of amides is 1. The molecule has 0 aliphatic heterocycles. The van der Waals surface area contributed by atoms with Crippen LogP contribution in [0.15, 0.2) is 29.8 Å². The van der Waals surface area contributed by atoms with Gasteiger partial charge in [0.05, 0.1) is 11.4 Å². The molecule has 0 radical (unpaired) electrons. The smallest absolute Gasteiger partial charge is 0.220 e. The summed E-state index contributed by atoms with van der Waals surface area (Å²) in [5, 5.41) is 5.91. The maximum absolute atomic E-state index is 11.9. The first kappa shape index (κ1) is 17.6. The highest BCUT2D eigenvalue weighted by Gasteiger charge is 2.10. The zero-order chi connectivity index (χ0) is 16.7. The van der Waals surface area contributed by atoms with E-state index in [4.69, 9.17) is 0 Å². The molecule has 0 aliphatic carbocycles. The normalized spacial score (nSPS) is 11.4. The predicted octanol–water partition coefficient (Wildman–Crippen LogP) is 4.08. The predicted molar refractivity (Wildman–Crippen MR) is 95.4 cm³/mol. The van der Waals surface area contributed by atoms with Gasteiger partial charge in [0.2, 0.25) is 5.91 Å². The number of pyridine rings is 1. The van der Waals surface area contributed by atoms with E-state index in [1.165, 1.54) is 0 Å². The topological polar surface area (TPSA) is 54.9 Å². The van der Waals surface area contributed by atoms with Crippen molar-refractivity contribution in [2.75, 3.05) is 6.54 Å². The average Bonchev–Trinajstić information content (AvgIpc) is 2.98. The van der Waals surface area contributed by atoms with E-state index in [1.54, 1.807) is 17.5 Å². The van der Waals surface area contributed by atoms with Gasteiger partial charge >= 0.3 is 0 Å². The van der Waals surface area contributed by atoms with Gasteiger partial charge in [-0.25, -0.2) is 4.98 Å². The Morgan fingerprint density at radius 3 is 2.83 bits per heavy atom. The molecule has 1 amide bonds. The second-order valence-electron chi connectivity index (χ2n) is 6.87. The van der Waals surface area contributed by atoms with Crippen molar-refractivity contribution in [3.63, 3.8) is 0 Å². The number of thiazole rings is 1. The van der Waals surface area contributed by atoms with Gasteiger partial charge in [-0.15, -0.1) is 11.3 Å². The number of hydrogen-bond donors (Lipinski definition) is 1. The molecule has 2 aromatic rings. The first-order chi connectivity index (χ1) is 10.9. The summed E-state index contributed by atoms with van der Waals surface area (Å²) in [7, 11) is 0. The molecule has 0 bridgehead atoms. The Hall–Kier alpha value is -1.75. The van der Waals surface area contributed by atoms with Crippen molar-refractivity contribution in [1.82, 2.24) is 15.3 Å². The molecule has 0 atom stereocenters. The molecule has 0 fully saturated rings. The van der Waals surface area contributed by atoms with E-state index in [0.717, 1.165) is 35.8 Å². The van der Waals surface area contributed by atoms with E-state index in [2.05, 4.69) is 36.1 Å². The summed E-state index contributed by atoms with van der Waals surface area (Å²) in [5.74, 6) is 0.103. The van der Waals surface area contributed by atoms with Gasteiger partial charge in [-0.2, -0.15) is 0 Å². The number of aromatic nitrogens is 2. The van der Waals surface area contributed by atoms with Crippen molar-refractivity contribution in [2.24, 2.45) is 5.41 Å². The van der Waals surface area contributed by atoms with E-state index in [9.17, 15) is 4.79 Å². The lowest BCUT2D eigenvalue weighted by atomic mass is 9.91. The van der Waals surface area contributed by atoms with Crippen LogP contribution in [0.4, 0.5) is 0 Å². The highest BCUT2D eigenvalue weighted by Crippen LogP contribution is 2.22. The molecule has 5 heteroatoms. The molecule has 0 aliphatic rings. The SMILES string of the molecule is CC(C)(C)CCCNC(=O)CCc1csc(-c2ccccn2)n1. The van der Waals surface area contributed by atoms with Crippen LogP contribution in [-0.4, -0.2) is 22.4 Å². The van der Waals surface area contributed by atoms with Gasteiger partial charge in [0, 0.05) is 24.5 Å². The molecule has 0 saturated heterocycles. The van der Waals surface area contributed by atoms with E-state index in [1.807, 2.05) is 23.6 Å². The molecular weight excluding hydrogens is 306 g/mol. The first-order valence-corrected chi connectivity index (χ1v) is 8.94. The van der Waals surface area contributed by atoms with Crippen LogP contribution in [0.3, 0.4) is 0 Å². The van der Waals surface area contributed by atoms with Crippen LogP contribution in [0.25, 0.3) is 10.7 Å². The molecule has 0 spiro atoms. The van der Waals surface area contributed by atoms with Crippen LogP contribution in [0.2, 0.25) is 0 Å². The summed E-state index contributed by atoms with van der Waals surface area (Å²) < 4.78 is 0. The summed E-state index contributed by atoms with van der Waals surface area (Å²) in [4.78, 5) is 20.7. The Labute approximate surface area is 142 Å². The molecule has 4 nitrogen and oxygen atoms in total. The lowest BCUT2D eigenvalue weighted by Gasteiger charge is -2.17. The van der Waals surface area contributed by atoms with Crippen LogP contribution in [0.5, 0.6) is 0 Å². The van der Waals surface area contributed by atoms with E-state index in [-0.39, 0.29) is 5.91 Å². The number of nitrogens with zero attached hydrogens (tertiary/aromatic N) is 2. The summed E-state index contributed by atoms with van der Waals surface area (Å²) >= 11 is 1.57. The Morgan fingerprint density at radius 1 is 1.30 bits per heavy atom. The summed E-state index contributed by atoms with van der Waals surface area (Å²) in [6.07, 6.45) is 5.07. The van der Waals surface area contributed by atoms with Crippen molar-refractivity contribution < 1.29 is 4.79 Å². The number of carbonyl (C=O) groups excluding carboxylic acids is 1. The second-order valence-corrected chi connectivity index (χ2v) is 7.73. The van der Waals surface area contributed by atoms with Gasteiger partial charge in [-0.1, -0.05) is 26.8 Å². The van der Waals surface area contributed by atoms with Crippen molar-refractivity contribution in [3.8, 4) is 10.7 Å². The highest BCUT2D eigenvalue weighted by atomic mass is 32.1. The monoisotopic (exact) mass is 331 g/mol. The molecule has 1 N–H and O–H groups in total. The zero-order valence-electron chi connectivity index (χ0n) is 14.1. The first-order valence-electron chi connectivity index (χ1n) is 8.06. The number of rotatable bonds is 7. The second kappa shape index (κ2) is 8.20. The third kappa shape index (κ3) is 6.48. The Bertz CT molecular complexity index is 617. The van der Waals surface area contributed by atoms with Gasteiger partial charge < -0.3 is 5.32 Å². The summed E-state index contributed by atoms with van der Waals surface area (Å²) in [5.41, 5.74) is 2.17. The summed E-state index contributed by atoms with van der Waals surface area (Å²) in [6, 6.07) is 5.79. The van der Waals surface area contributed by atoms with Crippen LogP contribution in [-0.2, 0) is 11.2 Å². The Balaban J connectivity index is 1.72. The molecule has 0 unspecified atom stereocenters. The molecule has 23 heavy (non-hydrogen) atoms. The minimum Gasteiger partial charge on any atom is -0.356 e. The third-order valence-electron chi connectivity index (χ3n) is 3.47. The lowest BCUT2D eigenvalue weighted by molar-refractivity contribution is -0.121. The van der Waals surface area contributed by atoms with E-state index >= 15 is 0 Å². The highest BCUT2D eigenvalue weighted by molar-refractivity contribution is 7.13. The van der Waals surface area contributed by atoms with Gasteiger partial charge in [-0.3, -0.25) is 9.78 Å². The maximum Gasteiger partial charge on any atom is 0.220 e. The van der Waals surface area contributed by atoms with Crippen LogP contribution in [0, 0.1) is 5.41 Å². The lowest BCUT2D eigenvalue weighted by Crippen LogP contribution is -2.25. The quantitative estimate of drug-likeness (QED) is 0.778.